The van der Waals surface area contributed by atoms with Crippen molar-refractivity contribution in [3.05, 3.63) is 0 Å². The molecule has 0 bridgehead atoms. The predicted octanol–water partition coefficient (Wildman–Crippen LogP) is 6.04. The van der Waals surface area contributed by atoms with Crippen LogP contribution in [-0.4, -0.2) is 40.4 Å². The van der Waals surface area contributed by atoms with Gasteiger partial charge in [0, 0.05) is 19.1 Å². The molecule has 0 spiro atoms. The highest BCUT2D eigenvalue weighted by atomic mass is 28.4. The van der Waals surface area contributed by atoms with Crippen molar-refractivity contribution in [2.75, 3.05) is 6.61 Å². The first kappa shape index (κ1) is 24.8. The van der Waals surface area contributed by atoms with Crippen LogP contribution in [0.15, 0.2) is 0 Å². The van der Waals surface area contributed by atoms with Gasteiger partial charge in [-0.3, -0.25) is 4.79 Å². The molecule has 0 rings (SSSR count). The number of aliphatic carboxylic acids is 1. The maximum absolute atomic E-state index is 10.8. The van der Waals surface area contributed by atoms with Gasteiger partial charge in [0.05, 0.1) is 0 Å². The van der Waals surface area contributed by atoms with Crippen LogP contribution in [0.5, 0.6) is 0 Å². The van der Waals surface area contributed by atoms with E-state index < -0.39 is 22.6 Å². The average Bonchev–Trinajstić information content (AvgIpc) is 2.34. The number of hydrogen-bond donors (Lipinski definition) is 1. The highest BCUT2D eigenvalue weighted by Gasteiger charge is 2.40. The number of rotatable bonds is 10. The zero-order chi connectivity index (χ0) is 20.1. The van der Waals surface area contributed by atoms with Crippen molar-refractivity contribution in [3.63, 3.8) is 0 Å². The molecular formula is C19H42O4Si2. The molecule has 1 N–H and O–H groups in total. The first-order valence-electron chi connectivity index (χ1n) is 9.53. The van der Waals surface area contributed by atoms with Crippen molar-refractivity contribution in [1.29, 1.82) is 0 Å². The normalized spacial score (nSPS) is 15.3. The highest BCUT2D eigenvalue weighted by Crippen LogP contribution is 2.39. The van der Waals surface area contributed by atoms with Crippen LogP contribution in [0.1, 0.15) is 67.2 Å². The first-order chi connectivity index (χ1) is 11.0. The minimum Gasteiger partial charge on any atom is -0.481 e. The van der Waals surface area contributed by atoms with Gasteiger partial charge >= 0.3 is 5.97 Å². The summed E-state index contributed by atoms with van der Waals surface area (Å²) in [5.74, 6) is -0.733. The molecule has 4 nitrogen and oxygen atoms in total. The molecule has 0 aromatic heterocycles. The summed E-state index contributed by atoms with van der Waals surface area (Å²) in [6.45, 7) is 23.2. The van der Waals surface area contributed by atoms with Gasteiger partial charge in [-0.2, -0.15) is 0 Å². The van der Waals surface area contributed by atoms with E-state index in [1.54, 1.807) is 0 Å². The topological polar surface area (TPSA) is 55.8 Å². The van der Waals surface area contributed by atoms with Gasteiger partial charge < -0.3 is 14.0 Å². The van der Waals surface area contributed by atoms with Crippen LogP contribution in [0.3, 0.4) is 0 Å². The molecule has 0 saturated carbocycles. The van der Waals surface area contributed by atoms with Crippen LogP contribution in [0.4, 0.5) is 0 Å². The minimum atomic E-state index is -1.87. The molecule has 150 valence electrons. The van der Waals surface area contributed by atoms with E-state index in [1.807, 2.05) is 0 Å². The molecule has 0 aromatic rings. The quantitative estimate of drug-likeness (QED) is 0.462. The number of hydrogen-bond acceptors (Lipinski definition) is 3. The van der Waals surface area contributed by atoms with Crippen molar-refractivity contribution in [1.82, 2.24) is 0 Å². The third-order valence-electron chi connectivity index (χ3n) is 5.89. The summed E-state index contributed by atoms with van der Waals surface area (Å²) < 4.78 is 12.9. The molecule has 1 atom stereocenters. The Morgan fingerprint density at radius 1 is 0.920 bits per heavy atom. The second-order valence-electron chi connectivity index (χ2n) is 10.2. The van der Waals surface area contributed by atoms with E-state index in [1.165, 1.54) is 0 Å². The summed E-state index contributed by atoms with van der Waals surface area (Å²) in [7, 11) is -3.62. The van der Waals surface area contributed by atoms with Gasteiger partial charge in [-0.15, -0.1) is 0 Å². The van der Waals surface area contributed by atoms with Gasteiger partial charge in [0.1, 0.15) is 0 Å². The Morgan fingerprint density at radius 3 is 1.80 bits per heavy atom. The monoisotopic (exact) mass is 390 g/mol. The van der Waals surface area contributed by atoms with Gasteiger partial charge in [0.25, 0.3) is 0 Å². The van der Waals surface area contributed by atoms with Crippen molar-refractivity contribution >= 4 is 22.6 Å². The van der Waals surface area contributed by atoms with Crippen LogP contribution in [0, 0.1) is 0 Å². The minimum absolute atomic E-state index is 0.0880. The molecule has 0 amide bonds. The summed E-state index contributed by atoms with van der Waals surface area (Å²) in [5, 5.41) is 9.26. The Hall–Kier alpha value is -0.176. The summed E-state index contributed by atoms with van der Waals surface area (Å²) in [6.07, 6.45) is 2.60. The zero-order valence-electron chi connectivity index (χ0n) is 18.3. The Bertz CT molecular complexity index is 420. The smallest absolute Gasteiger partial charge is 0.303 e. The van der Waals surface area contributed by atoms with Gasteiger partial charge in [-0.05, 0) is 55.5 Å². The number of carbonyl (C=O) groups is 1. The molecular weight excluding hydrogens is 348 g/mol. The number of carboxylic acids is 1. The first-order valence-corrected chi connectivity index (χ1v) is 15.3. The molecule has 0 fully saturated rings. The maximum atomic E-state index is 10.8. The van der Waals surface area contributed by atoms with E-state index in [4.69, 9.17) is 14.0 Å². The summed E-state index contributed by atoms with van der Waals surface area (Å²) in [6, 6.07) is 0. The molecule has 0 aliphatic carbocycles. The van der Waals surface area contributed by atoms with Crippen LogP contribution in [0.25, 0.3) is 0 Å². The lowest BCUT2D eigenvalue weighted by atomic mass is 10.1. The molecule has 0 heterocycles. The molecule has 0 radical (unpaired) electrons. The van der Waals surface area contributed by atoms with Crippen molar-refractivity contribution in [3.8, 4) is 0 Å². The fourth-order valence-corrected chi connectivity index (χ4v) is 4.48. The van der Waals surface area contributed by atoms with Crippen LogP contribution >= 0.6 is 0 Å². The fourth-order valence-electron chi connectivity index (χ4n) is 2.00. The Labute approximate surface area is 157 Å². The molecule has 6 heteroatoms. The van der Waals surface area contributed by atoms with Crippen molar-refractivity contribution in [2.45, 2.75) is 110 Å². The third-order valence-corrected chi connectivity index (χ3v) is 15.0. The lowest BCUT2D eigenvalue weighted by Gasteiger charge is -2.40. The molecule has 0 aliphatic heterocycles. The van der Waals surface area contributed by atoms with E-state index in [0.29, 0.717) is 13.0 Å². The van der Waals surface area contributed by atoms with Crippen molar-refractivity contribution < 1.29 is 18.8 Å². The second kappa shape index (κ2) is 9.15. The average molecular weight is 391 g/mol. The largest absolute Gasteiger partial charge is 0.481 e. The fraction of sp³-hybridized carbons (Fsp3) is 0.947. The highest BCUT2D eigenvalue weighted by molar-refractivity contribution is 6.74. The maximum Gasteiger partial charge on any atom is 0.303 e. The molecule has 0 aromatic carbocycles. The van der Waals surface area contributed by atoms with Crippen LogP contribution < -0.4 is 0 Å². The predicted molar refractivity (Wildman–Crippen MR) is 111 cm³/mol. The van der Waals surface area contributed by atoms with Gasteiger partial charge in [-0.1, -0.05) is 41.5 Å². The van der Waals surface area contributed by atoms with E-state index in [9.17, 15) is 4.79 Å². The SMILES string of the molecule is CC(C)(C)[Si](C)(C)OCC[C@H](CCCC(=O)O)O[Si](C)(C)C(C)(C)C. The Morgan fingerprint density at radius 2 is 1.40 bits per heavy atom. The van der Waals surface area contributed by atoms with E-state index >= 15 is 0 Å². The Kier molecular flexibility index (Phi) is 9.09. The van der Waals surface area contributed by atoms with Gasteiger partial charge in [-0.25, -0.2) is 0 Å². The van der Waals surface area contributed by atoms with E-state index in [0.717, 1.165) is 12.8 Å². The van der Waals surface area contributed by atoms with Crippen LogP contribution in [-0.2, 0) is 13.6 Å². The van der Waals surface area contributed by atoms with E-state index in [-0.39, 0.29) is 22.6 Å². The van der Waals surface area contributed by atoms with Crippen LogP contribution in [0.2, 0.25) is 36.3 Å². The number of carboxylic acid groups (broad SMARTS) is 1. The Balaban J connectivity index is 4.83. The lowest BCUT2D eigenvalue weighted by molar-refractivity contribution is -0.137. The van der Waals surface area contributed by atoms with Gasteiger partial charge in [0.2, 0.25) is 0 Å². The summed E-state index contributed by atoms with van der Waals surface area (Å²) >= 11 is 0. The molecule has 25 heavy (non-hydrogen) atoms. The molecule has 0 unspecified atom stereocenters. The zero-order valence-corrected chi connectivity index (χ0v) is 20.3. The van der Waals surface area contributed by atoms with Crippen molar-refractivity contribution in [2.24, 2.45) is 0 Å². The summed E-state index contributed by atoms with van der Waals surface area (Å²) in [4.78, 5) is 10.8. The van der Waals surface area contributed by atoms with Gasteiger partial charge in [0.15, 0.2) is 16.6 Å². The summed E-state index contributed by atoms with van der Waals surface area (Å²) in [5.41, 5.74) is 0. The van der Waals surface area contributed by atoms with E-state index in [2.05, 4.69) is 67.7 Å². The molecule has 0 aliphatic rings. The molecule has 0 saturated heterocycles. The third kappa shape index (κ3) is 8.84. The second-order valence-corrected chi connectivity index (χ2v) is 19.7. The lowest BCUT2D eigenvalue weighted by Crippen LogP contribution is -2.45. The standard InChI is InChI=1S/C19H42O4Si2/c1-18(2,3)24(7,8)22-15-14-16(12-11-13-17(20)21)23-25(9,10)19(4,5)6/h16H,11-15H2,1-10H3,(H,20,21)/t16-/m0/s1.